The van der Waals surface area contributed by atoms with Gasteiger partial charge in [-0.15, -0.1) is 0 Å². The molecule has 1 atom stereocenters. The summed E-state index contributed by atoms with van der Waals surface area (Å²) >= 11 is 0. The molecule has 0 spiro atoms. The van der Waals surface area contributed by atoms with Gasteiger partial charge in [0.1, 0.15) is 0 Å². The molecule has 0 saturated heterocycles. The minimum atomic E-state index is -1.93. The van der Waals surface area contributed by atoms with E-state index in [1.54, 1.807) is 6.92 Å². The maximum atomic E-state index is 10.8. The normalized spacial score (nSPS) is 15.2. The van der Waals surface area contributed by atoms with Gasteiger partial charge < -0.3 is 15.6 Å². The van der Waals surface area contributed by atoms with E-state index < -0.39 is 17.5 Å². The number of rotatable bonds is 3. The van der Waals surface area contributed by atoms with Crippen LogP contribution < -0.4 is 5.73 Å². The Morgan fingerprint density at radius 2 is 2.09 bits per heavy atom. The van der Waals surface area contributed by atoms with Crippen molar-refractivity contribution in [2.45, 2.75) is 19.4 Å². The summed E-state index contributed by atoms with van der Waals surface area (Å²) in [5.41, 5.74) is 3.18. The molecule has 3 N–H and O–H groups in total. The maximum Gasteiger partial charge on any atom is 0.337 e. The highest BCUT2D eigenvalue weighted by molar-refractivity contribution is 6.03. The number of carboxylic acid groups (broad SMARTS) is 1. The second-order valence-electron chi connectivity index (χ2n) is 2.23. The molecule has 11 heavy (non-hydrogen) atoms. The highest BCUT2D eigenvalue weighted by Gasteiger charge is 2.38. The Kier molecular flexibility index (Phi) is 3.00. The van der Waals surface area contributed by atoms with Crippen LogP contribution in [0.4, 0.5) is 0 Å². The first-order valence-corrected chi connectivity index (χ1v) is 3.12. The predicted octanol–water partition coefficient (Wildman–Crippen LogP) is -0.648. The van der Waals surface area contributed by atoms with Crippen molar-refractivity contribution < 1.29 is 19.4 Å². The molecular weight excluding hydrogens is 150 g/mol. The van der Waals surface area contributed by atoms with Gasteiger partial charge in [-0.1, -0.05) is 0 Å². The van der Waals surface area contributed by atoms with E-state index in [1.165, 1.54) is 0 Å². The molecule has 0 aromatic rings. The van der Waals surface area contributed by atoms with Crippen LogP contribution in [-0.4, -0.2) is 29.2 Å². The second kappa shape index (κ2) is 3.34. The second-order valence-corrected chi connectivity index (χ2v) is 2.23. The molecule has 0 amide bonds. The van der Waals surface area contributed by atoms with E-state index in [1.807, 2.05) is 0 Å². The van der Waals surface area contributed by atoms with Crippen LogP contribution in [0.3, 0.4) is 0 Å². The lowest BCUT2D eigenvalue weighted by Gasteiger charge is -2.16. The van der Waals surface area contributed by atoms with Crippen LogP contribution in [-0.2, 0) is 14.3 Å². The molecule has 0 aliphatic heterocycles. The van der Waals surface area contributed by atoms with E-state index in [-0.39, 0.29) is 6.61 Å². The van der Waals surface area contributed by atoms with E-state index in [0.29, 0.717) is 0 Å². The van der Waals surface area contributed by atoms with Gasteiger partial charge in [-0.3, -0.25) is 0 Å². The number of carbonyl (C=O) groups excluding carboxylic acids is 1. The molecule has 0 saturated carbocycles. The third-order valence-corrected chi connectivity index (χ3v) is 1.14. The van der Waals surface area contributed by atoms with Gasteiger partial charge >= 0.3 is 11.9 Å². The highest BCUT2D eigenvalue weighted by atomic mass is 16.5. The topological polar surface area (TPSA) is 89.6 Å². The number of nitrogens with two attached hydrogens (primary N) is 1. The molecule has 0 radical (unpaired) electrons. The standard InChI is InChI=1S/C6H11NO4/c1-3-11-5(10)6(2,7)4(8)9/h3,7H2,1-2H3,(H,8,9)/t6-/m1/s1. The van der Waals surface area contributed by atoms with Gasteiger partial charge in [0.15, 0.2) is 0 Å². The van der Waals surface area contributed by atoms with E-state index >= 15 is 0 Å². The highest BCUT2D eigenvalue weighted by Crippen LogP contribution is 2.01. The summed E-state index contributed by atoms with van der Waals surface area (Å²) in [6, 6.07) is 0. The van der Waals surface area contributed by atoms with E-state index in [9.17, 15) is 9.59 Å². The molecule has 0 aromatic heterocycles. The zero-order valence-electron chi connectivity index (χ0n) is 6.46. The van der Waals surface area contributed by atoms with Gasteiger partial charge in [-0.25, -0.2) is 9.59 Å². The summed E-state index contributed by atoms with van der Waals surface area (Å²) in [6.07, 6.45) is 0. The monoisotopic (exact) mass is 161 g/mol. The molecule has 0 aliphatic rings. The molecular formula is C6H11NO4. The molecule has 5 nitrogen and oxygen atoms in total. The summed E-state index contributed by atoms with van der Waals surface area (Å²) in [4.78, 5) is 21.1. The lowest BCUT2D eigenvalue weighted by atomic mass is 10.1. The number of esters is 1. The first-order valence-electron chi connectivity index (χ1n) is 3.12. The Morgan fingerprint density at radius 1 is 1.64 bits per heavy atom. The number of hydrogen-bond acceptors (Lipinski definition) is 4. The fraction of sp³-hybridized carbons (Fsp3) is 0.667. The van der Waals surface area contributed by atoms with Crippen molar-refractivity contribution in [2.24, 2.45) is 5.73 Å². The molecule has 64 valence electrons. The Balaban J connectivity index is 4.30. The quantitative estimate of drug-likeness (QED) is 0.424. The molecule has 0 rings (SSSR count). The average Bonchev–Trinajstić information content (AvgIpc) is 1.88. The molecule has 0 unspecified atom stereocenters. The minimum absolute atomic E-state index is 0.124. The van der Waals surface area contributed by atoms with E-state index in [2.05, 4.69) is 4.74 Å². The van der Waals surface area contributed by atoms with Crippen LogP contribution in [0.2, 0.25) is 0 Å². The first kappa shape index (κ1) is 9.90. The number of carboxylic acids is 1. The molecule has 5 heteroatoms. The summed E-state index contributed by atoms with van der Waals surface area (Å²) in [7, 11) is 0. The number of ether oxygens (including phenoxy) is 1. The van der Waals surface area contributed by atoms with Crippen LogP contribution in [0.5, 0.6) is 0 Å². The van der Waals surface area contributed by atoms with Crippen molar-refractivity contribution in [1.82, 2.24) is 0 Å². The van der Waals surface area contributed by atoms with Gasteiger partial charge in [0, 0.05) is 0 Å². The Bertz CT molecular complexity index is 175. The zero-order chi connectivity index (χ0) is 9.07. The van der Waals surface area contributed by atoms with E-state index in [4.69, 9.17) is 10.8 Å². The van der Waals surface area contributed by atoms with Crippen LogP contribution in [0.25, 0.3) is 0 Å². The Hall–Kier alpha value is -1.10. The van der Waals surface area contributed by atoms with Crippen molar-refractivity contribution in [3.63, 3.8) is 0 Å². The summed E-state index contributed by atoms with van der Waals surface area (Å²) < 4.78 is 4.42. The first-order chi connectivity index (χ1) is 4.92. The van der Waals surface area contributed by atoms with Crippen LogP contribution >= 0.6 is 0 Å². The van der Waals surface area contributed by atoms with Gasteiger partial charge in [-0.05, 0) is 13.8 Å². The van der Waals surface area contributed by atoms with E-state index in [0.717, 1.165) is 6.92 Å². The van der Waals surface area contributed by atoms with Crippen molar-refractivity contribution in [1.29, 1.82) is 0 Å². The van der Waals surface area contributed by atoms with Gasteiger partial charge in [-0.2, -0.15) is 0 Å². The number of aliphatic carboxylic acids is 1. The largest absolute Gasteiger partial charge is 0.479 e. The maximum absolute atomic E-state index is 10.8. The van der Waals surface area contributed by atoms with Crippen LogP contribution in [0.1, 0.15) is 13.8 Å². The van der Waals surface area contributed by atoms with Gasteiger partial charge in [0.25, 0.3) is 0 Å². The SMILES string of the molecule is CCOC(=O)[C@](C)(N)C(=O)O. The molecule has 0 fully saturated rings. The van der Waals surface area contributed by atoms with Gasteiger partial charge in [0.05, 0.1) is 6.61 Å². The molecule has 0 aliphatic carbocycles. The fourth-order valence-electron chi connectivity index (χ4n) is 0.368. The Morgan fingerprint density at radius 3 is 2.36 bits per heavy atom. The number of carbonyl (C=O) groups is 2. The average molecular weight is 161 g/mol. The summed E-state index contributed by atoms with van der Waals surface area (Å²) in [6.45, 7) is 2.79. The van der Waals surface area contributed by atoms with Crippen molar-refractivity contribution >= 4 is 11.9 Å². The Labute approximate surface area is 64.1 Å². The zero-order valence-corrected chi connectivity index (χ0v) is 6.46. The lowest BCUT2D eigenvalue weighted by Crippen LogP contribution is -2.53. The minimum Gasteiger partial charge on any atom is -0.479 e. The summed E-state index contributed by atoms with van der Waals surface area (Å²) in [5.74, 6) is -2.32. The number of hydrogen-bond donors (Lipinski definition) is 2. The third-order valence-electron chi connectivity index (χ3n) is 1.14. The molecule has 0 bridgehead atoms. The van der Waals surface area contributed by atoms with Crippen molar-refractivity contribution in [2.75, 3.05) is 6.61 Å². The molecule has 0 heterocycles. The smallest absolute Gasteiger partial charge is 0.337 e. The van der Waals surface area contributed by atoms with Gasteiger partial charge in [0.2, 0.25) is 5.54 Å². The summed E-state index contributed by atoms with van der Waals surface area (Å²) in [5, 5.41) is 8.41. The predicted molar refractivity (Wildman–Crippen MR) is 36.9 cm³/mol. The molecule has 0 aromatic carbocycles. The van der Waals surface area contributed by atoms with Crippen LogP contribution in [0.15, 0.2) is 0 Å². The lowest BCUT2D eigenvalue weighted by molar-refractivity contribution is -0.159. The van der Waals surface area contributed by atoms with Crippen molar-refractivity contribution in [3.05, 3.63) is 0 Å². The van der Waals surface area contributed by atoms with Crippen LogP contribution in [0, 0.1) is 0 Å². The van der Waals surface area contributed by atoms with Crippen molar-refractivity contribution in [3.8, 4) is 0 Å². The fourth-order valence-corrected chi connectivity index (χ4v) is 0.368. The third kappa shape index (κ3) is 2.19.